The molecule has 0 heterocycles. The molecule has 4 bridgehead atoms. The molecule has 0 saturated heterocycles. The van der Waals surface area contributed by atoms with E-state index in [1.807, 2.05) is 0 Å². The number of esters is 2. The molecule has 4 saturated carbocycles. The van der Waals surface area contributed by atoms with Crippen molar-refractivity contribution in [2.45, 2.75) is 51.6 Å². The van der Waals surface area contributed by atoms with Gasteiger partial charge in [0, 0.05) is 0 Å². The van der Waals surface area contributed by atoms with E-state index in [0.29, 0.717) is 11.8 Å². The molecule has 4 aliphatic carbocycles. The van der Waals surface area contributed by atoms with Gasteiger partial charge in [-0.15, -0.1) is 0 Å². The van der Waals surface area contributed by atoms with E-state index in [1.54, 1.807) is 0 Å². The highest BCUT2D eigenvalue weighted by molar-refractivity contribution is 5.77. The standard InChI is InChI=1S/C17H26O5/c1-10(2)17(22-16(20)9-21-15(19)8-18)13-4-11-3-12(6-13)7-14(17)5-11/h10-14,18H,3-9H2,1-2H3. The molecule has 22 heavy (non-hydrogen) atoms. The van der Waals surface area contributed by atoms with Crippen molar-refractivity contribution in [3.8, 4) is 0 Å². The van der Waals surface area contributed by atoms with Gasteiger partial charge in [0.2, 0.25) is 0 Å². The molecule has 0 aromatic heterocycles. The van der Waals surface area contributed by atoms with Crippen LogP contribution in [0.3, 0.4) is 0 Å². The molecule has 1 N–H and O–H groups in total. The molecule has 5 heteroatoms. The third kappa shape index (κ3) is 2.53. The molecule has 4 rings (SSSR count). The fourth-order valence-corrected chi connectivity index (χ4v) is 5.56. The lowest BCUT2D eigenvalue weighted by Crippen LogP contribution is -2.62. The van der Waals surface area contributed by atoms with Crippen molar-refractivity contribution < 1.29 is 24.2 Å². The Bertz CT molecular complexity index is 428. The number of carbonyl (C=O) groups excluding carboxylic acids is 2. The summed E-state index contributed by atoms with van der Waals surface area (Å²) in [6.07, 6.45) is 6.00. The minimum absolute atomic E-state index is 0.264. The quantitative estimate of drug-likeness (QED) is 0.785. The second-order valence-corrected chi connectivity index (χ2v) is 7.61. The first-order valence-electron chi connectivity index (χ1n) is 8.44. The molecule has 0 aliphatic heterocycles. The second kappa shape index (κ2) is 5.84. The lowest BCUT2D eigenvalue weighted by Gasteiger charge is -2.61. The van der Waals surface area contributed by atoms with Crippen LogP contribution in [-0.4, -0.2) is 35.9 Å². The molecule has 0 spiro atoms. The van der Waals surface area contributed by atoms with E-state index < -0.39 is 30.8 Å². The van der Waals surface area contributed by atoms with Gasteiger partial charge in [-0.25, -0.2) is 9.59 Å². The van der Waals surface area contributed by atoms with Crippen LogP contribution in [-0.2, 0) is 19.1 Å². The van der Waals surface area contributed by atoms with E-state index in [-0.39, 0.29) is 5.92 Å². The van der Waals surface area contributed by atoms with Gasteiger partial charge in [-0.2, -0.15) is 0 Å². The third-order valence-electron chi connectivity index (χ3n) is 6.09. The molecule has 124 valence electrons. The number of ether oxygens (including phenoxy) is 2. The summed E-state index contributed by atoms with van der Waals surface area (Å²) in [6.45, 7) is 3.15. The predicted molar refractivity (Wildman–Crippen MR) is 78.8 cm³/mol. The minimum atomic E-state index is -0.791. The maximum Gasteiger partial charge on any atom is 0.344 e. The highest BCUT2D eigenvalue weighted by Gasteiger charge is 2.60. The summed E-state index contributed by atoms with van der Waals surface area (Å²) >= 11 is 0. The summed E-state index contributed by atoms with van der Waals surface area (Å²) in [5.74, 6) is 1.49. The van der Waals surface area contributed by atoms with Crippen molar-refractivity contribution in [2.75, 3.05) is 13.2 Å². The number of carbonyl (C=O) groups is 2. The summed E-state index contributed by atoms with van der Waals surface area (Å²) < 4.78 is 10.7. The minimum Gasteiger partial charge on any atom is -0.456 e. The maximum atomic E-state index is 12.2. The Balaban J connectivity index is 1.72. The Kier molecular flexibility index (Phi) is 4.19. The van der Waals surface area contributed by atoms with Gasteiger partial charge < -0.3 is 14.6 Å². The van der Waals surface area contributed by atoms with Crippen LogP contribution >= 0.6 is 0 Å². The second-order valence-electron chi connectivity index (χ2n) is 7.61. The van der Waals surface area contributed by atoms with Gasteiger partial charge in [-0.3, -0.25) is 0 Å². The van der Waals surface area contributed by atoms with Gasteiger partial charge in [0.25, 0.3) is 0 Å². The summed E-state index contributed by atoms with van der Waals surface area (Å²) in [5.41, 5.74) is -0.393. The lowest BCUT2D eigenvalue weighted by atomic mass is 9.47. The summed E-state index contributed by atoms with van der Waals surface area (Å²) in [5, 5.41) is 8.65. The molecule has 0 unspecified atom stereocenters. The zero-order valence-corrected chi connectivity index (χ0v) is 13.4. The first-order valence-corrected chi connectivity index (χ1v) is 8.44. The molecule has 0 aromatic carbocycles. The summed E-state index contributed by atoms with van der Waals surface area (Å²) in [6, 6.07) is 0. The number of aliphatic hydroxyl groups is 1. The highest BCUT2D eigenvalue weighted by Crippen LogP contribution is 2.61. The maximum absolute atomic E-state index is 12.2. The molecule has 0 amide bonds. The van der Waals surface area contributed by atoms with Crippen molar-refractivity contribution in [2.24, 2.45) is 29.6 Å². The van der Waals surface area contributed by atoms with Crippen molar-refractivity contribution in [1.82, 2.24) is 0 Å². The monoisotopic (exact) mass is 310 g/mol. The zero-order chi connectivity index (χ0) is 15.9. The van der Waals surface area contributed by atoms with E-state index in [0.717, 1.165) is 37.5 Å². The SMILES string of the molecule is CC(C)C1(OC(=O)COC(=O)CO)C2CC3CC(C2)CC1C3. The summed E-state index contributed by atoms with van der Waals surface area (Å²) in [4.78, 5) is 23.2. The van der Waals surface area contributed by atoms with Crippen molar-refractivity contribution >= 4 is 11.9 Å². The fourth-order valence-electron chi connectivity index (χ4n) is 5.56. The van der Waals surface area contributed by atoms with Gasteiger partial charge in [-0.1, -0.05) is 13.8 Å². The van der Waals surface area contributed by atoms with E-state index >= 15 is 0 Å². The lowest BCUT2D eigenvalue weighted by molar-refractivity contribution is -0.227. The molecule has 0 radical (unpaired) electrons. The summed E-state index contributed by atoms with van der Waals surface area (Å²) in [7, 11) is 0. The van der Waals surface area contributed by atoms with Gasteiger partial charge in [0.1, 0.15) is 12.2 Å². The Hall–Kier alpha value is -1.10. The Morgan fingerprint density at radius 3 is 2.05 bits per heavy atom. The van der Waals surface area contributed by atoms with E-state index in [9.17, 15) is 9.59 Å². The van der Waals surface area contributed by atoms with Gasteiger partial charge >= 0.3 is 11.9 Å². The smallest absolute Gasteiger partial charge is 0.344 e. The number of aliphatic hydroxyl groups excluding tert-OH is 1. The van der Waals surface area contributed by atoms with Crippen molar-refractivity contribution in [3.63, 3.8) is 0 Å². The third-order valence-corrected chi connectivity index (χ3v) is 6.09. The van der Waals surface area contributed by atoms with Crippen LogP contribution in [0.5, 0.6) is 0 Å². The van der Waals surface area contributed by atoms with E-state index in [2.05, 4.69) is 13.8 Å². The molecular weight excluding hydrogens is 284 g/mol. The fraction of sp³-hybridized carbons (Fsp3) is 0.882. The number of rotatable bonds is 5. The largest absolute Gasteiger partial charge is 0.456 e. The Morgan fingerprint density at radius 1 is 1.05 bits per heavy atom. The first kappa shape index (κ1) is 15.8. The average molecular weight is 310 g/mol. The predicted octanol–water partition coefficient (Wildman–Crippen LogP) is 1.92. The number of hydrogen-bond donors (Lipinski definition) is 1. The molecule has 4 fully saturated rings. The highest BCUT2D eigenvalue weighted by atomic mass is 16.6. The van der Waals surface area contributed by atoms with E-state index in [1.165, 1.54) is 6.42 Å². The first-order chi connectivity index (χ1) is 10.5. The normalized spacial score (nSPS) is 39.1. The van der Waals surface area contributed by atoms with Gasteiger partial charge in [0.05, 0.1) is 0 Å². The van der Waals surface area contributed by atoms with Crippen LogP contribution in [0.2, 0.25) is 0 Å². The Labute approximate surface area is 131 Å². The van der Waals surface area contributed by atoms with Crippen LogP contribution < -0.4 is 0 Å². The molecular formula is C17H26O5. The van der Waals surface area contributed by atoms with Crippen LogP contribution in [0.15, 0.2) is 0 Å². The van der Waals surface area contributed by atoms with Crippen LogP contribution in [0, 0.1) is 29.6 Å². The van der Waals surface area contributed by atoms with E-state index in [4.69, 9.17) is 14.6 Å². The van der Waals surface area contributed by atoms with Gasteiger partial charge in [0.15, 0.2) is 6.61 Å². The molecule has 0 aromatic rings. The Morgan fingerprint density at radius 2 is 1.59 bits per heavy atom. The molecule has 0 atom stereocenters. The van der Waals surface area contributed by atoms with Crippen LogP contribution in [0.25, 0.3) is 0 Å². The average Bonchev–Trinajstić information content (AvgIpc) is 2.47. The van der Waals surface area contributed by atoms with Crippen molar-refractivity contribution in [1.29, 1.82) is 0 Å². The topological polar surface area (TPSA) is 72.8 Å². The van der Waals surface area contributed by atoms with Crippen molar-refractivity contribution in [3.05, 3.63) is 0 Å². The number of hydrogen-bond acceptors (Lipinski definition) is 5. The molecule has 5 nitrogen and oxygen atoms in total. The van der Waals surface area contributed by atoms with Gasteiger partial charge in [-0.05, 0) is 61.7 Å². The zero-order valence-electron chi connectivity index (χ0n) is 13.4. The molecule has 4 aliphatic rings. The van der Waals surface area contributed by atoms with Crippen LogP contribution in [0.1, 0.15) is 46.0 Å². The van der Waals surface area contributed by atoms with Crippen LogP contribution in [0.4, 0.5) is 0 Å².